The van der Waals surface area contributed by atoms with E-state index < -0.39 is 274 Å². The van der Waals surface area contributed by atoms with Gasteiger partial charge in [0.25, 0.3) is 0 Å². The quantitative estimate of drug-likeness (QED) is 0.134. The van der Waals surface area contributed by atoms with E-state index in [-0.39, 0.29) is 10.8 Å². The highest BCUT2D eigenvalue weighted by atomic mass is 16.3. The number of hydrogen-bond acceptors (Lipinski definition) is 1. The monoisotopic (exact) mass is 675 g/mol. The van der Waals surface area contributed by atoms with Gasteiger partial charge < -0.3 is 4.42 Å². The van der Waals surface area contributed by atoms with E-state index in [0.29, 0.717) is 0 Å². The first-order valence-corrected chi connectivity index (χ1v) is 15.2. The maximum atomic E-state index is 9.95. The Kier molecular flexibility index (Phi) is 2.56. The molecule has 0 N–H and O–H groups in total. The van der Waals surface area contributed by atoms with Crippen LogP contribution < -0.4 is 0 Å². The average molecular weight is 676 g/mol. The minimum absolute atomic E-state index is 0.274. The van der Waals surface area contributed by atoms with E-state index in [9.17, 15) is 16.4 Å². The molecule has 0 aliphatic rings. The highest BCUT2D eigenvalue weighted by molar-refractivity contribution is 6.27. The Balaban J connectivity index is 1.40. The van der Waals surface area contributed by atoms with Crippen molar-refractivity contribution in [1.29, 1.82) is 0 Å². The first-order chi connectivity index (χ1) is 37.4. The fourth-order valence-electron chi connectivity index (χ4n) is 6.48. The SMILES string of the molecule is [2H]c1cc2c(c([2H])c1-c1c([2H])c([2H])c([2H])c(-c3c4c([2H])c([2H])c([2H])c([2H])c4c(-c4c([2H])c([2H])c([2H])c5oc6c7c([2H])c([2H])c([2H])c([2H])c7c([2H])c([2H])c6c45)c4c([2H])c([2H])c([2H])c([2H])c34)c1[2H])c([2H])c([2H])c1c([2H])c([2H])c([2H])c([2H])c12. The second kappa shape index (κ2) is 10.9. The van der Waals surface area contributed by atoms with E-state index in [4.69, 9.17) is 27.7 Å². The summed E-state index contributed by atoms with van der Waals surface area (Å²) in [5.74, 6) is 0. The van der Waals surface area contributed by atoms with Gasteiger partial charge in [0.1, 0.15) is 11.2 Å². The van der Waals surface area contributed by atoms with Crippen LogP contribution in [0.2, 0.25) is 0 Å². The first-order valence-electron chi connectivity index (χ1n) is 29.7. The van der Waals surface area contributed by atoms with E-state index in [1.54, 1.807) is 0 Å². The van der Waals surface area contributed by atoms with Gasteiger partial charge in [-0.25, -0.2) is 0 Å². The second-order valence-electron chi connectivity index (χ2n) is 11.3. The molecular formula is C50H30O. The predicted molar refractivity (Wildman–Crippen MR) is 218 cm³/mol. The van der Waals surface area contributed by atoms with Crippen LogP contribution in [0.15, 0.2) is 186 Å². The number of rotatable bonds is 3. The summed E-state index contributed by atoms with van der Waals surface area (Å²) in [7, 11) is 0. The third-order valence-electron chi connectivity index (χ3n) is 8.65. The minimum atomic E-state index is -1.07. The number of furan rings is 1. The van der Waals surface area contributed by atoms with Crippen LogP contribution in [0.25, 0.3) is 109 Å². The molecule has 1 heterocycles. The van der Waals surface area contributed by atoms with Crippen LogP contribution in [0.4, 0.5) is 0 Å². The lowest BCUT2D eigenvalue weighted by atomic mass is 9.84. The minimum Gasteiger partial charge on any atom is -0.455 e. The Morgan fingerprint density at radius 3 is 1.69 bits per heavy atom. The number of hydrogen-bond donors (Lipinski definition) is 0. The van der Waals surface area contributed by atoms with Crippen LogP contribution in [-0.4, -0.2) is 0 Å². The van der Waals surface area contributed by atoms with Gasteiger partial charge in [-0.05, 0) is 106 Å². The maximum Gasteiger partial charge on any atom is 0.143 e. The predicted octanol–water partition coefficient (Wildman–Crippen LogP) is 14.4. The molecule has 1 aromatic heterocycles. The molecule has 236 valence electrons. The fraction of sp³-hybridized carbons (Fsp3) is 0. The normalized spacial score (nSPS) is 19.9. The zero-order valence-corrected chi connectivity index (χ0v) is 25.5. The molecule has 0 radical (unpaired) electrons. The first kappa shape index (κ1) is 12.0. The van der Waals surface area contributed by atoms with E-state index in [2.05, 4.69) is 0 Å². The van der Waals surface area contributed by atoms with Gasteiger partial charge in [0.05, 0.1) is 39.8 Å². The summed E-state index contributed by atoms with van der Waals surface area (Å²) in [4.78, 5) is 0. The molecule has 51 heavy (non-hydrogen) atoms. The van der Waals surface area contributed by atoms with Crippen LogP contribution >= 0.6 is 0 Å². The molecule has 0 saturated heterocycles. The molecule has 0 saturated carbocycles. The molecule has 0 fully saturated rings. The third kappa shape index (κ3) is 4.22. The van der Waals surface area contributed by atoms with Crippen LogP contribution in [0.5, 0.6) is 0 Å². The summed E-state index contributed by atoms with van der Waals surface area (Å²) in [6.45, 7) is 0. The van der Waals surface area contributed by atoms with Crippen LogP contribution in [-0.2, 0) is 0 Å². The van der Waals surface area contributed by atoms with Crippen molar-refractivity contribution < 1.29 is 44.2 Å². The van der Waals surface area contributed by atoms with Gasteiger partial charge in [-0.1, -0.05) is 157 Å². The number of benzene rings is 10. The van der Waals surface area contributed by atoms with Crippen molar-refractivity contribution in [1.82, 2.24) is 0 Å². The van der Waals surface area contributed by atoms with Crippen molar-refractivity contribution >= 4 is 75.8 Å². The Labute approximate surface area is 335 Å². The molecule has 0 unspecified atom stereocenters. The van der Waals surface area contributed by atoms with Gasteiger partial charge in [0.2, 0.25) is 0 Å². The molecule has 0 aliphatic heterocycles. The lowest BCUT2D eigenvalue weighted by Crippen LogP contribution is -1.91. The number of fused-ring (bicyclic) bond motifs is 10. The average Bonchev–Trinajstić information content (AvgIpc) is 3.29. The van der Waals surface area contributed by atoms with E-state index >= 15 is 0 Å². The van der Waals surface area contributed by atoms with E-state index in [1.807, 2.05) is 0 Å². The molecule has 0 atom stereocenters. The highest BCUT2D eigenvalue weighted by Crippen LogP contribution is 2.48. The highest BCUT2D eigenvalue weighted by Gasteiger charge is 2.21. The molecule has 1 heteroatoms. The Bertz CT molecular complexity index is 4790. The zero-order chi connectivity index (χ0) is 58.7. The third-order valence-corrected chi connectivity index (χ3v) is 8.65. The van der Waals surface area contributed by atoms with Gasteiger partial charge >= 0.3 is 0 Å². The summed E-state index contributed by atoms with van der Waals surface area (Å²) >= 11 is 0. The molecule has 0 amide bonds. The van der Waals surface area contributed by atoms with Gasteiger partial charge in [-0.2, -0.15) is 0 Å². The van der Waals surface area contributed by atoms with Crippen molar-refractivity contribution in [3.8, 4) is 33.4 Å². The van der Waals surface area contributed by atoms with Crippen LogP contribution in [0, 0.1) is 0 Å². The van der Waals surface area contributed by atoms with Crippen molar-refractivity contribution in [2.75, 3.05) is 0 Å². The molecule has 11 rings (SSSR count). The fourth-order valence-corrected chi connectivity index (χ4v) is 6.48. The van der Waals surface area contributed by atoms with Crippen LogP contribution in [0.1, 0.15) is 39.8 Å². The molecule has 0 bridgehead atoms. The molecule has 10 aromatic carbocycles. The summed E-state index contributed by atoms with van der Waals surface area (Å²) < 4.78 is 269. The Morgan fingerprint density at radius 1 is 0.353 bits per heavy atom. The largest absolute Gasteiger partial charge is 0.455 e. The summed E-state index contributed by atoms with van der Waals surface area (Å²) in [5.41, 5.74) is -5.79. The lowest BCUT2D eigenvalue weighted by molar-refractivity contribution is 0.673. The summed E-state index contributed by atoms with van der Waals surface area (Å²) in [6, 6.07) is -24.9. The Morgan fingerprint density at radius 2 is 0.922 bits per heavy atom. The topological polar surface area (TPSA) is 13.1 Å². The maximum absolute atomic E-state index is 9.95. The standard InChI is InChI=1S/C50H30O/c1-3-15-37-31(11-1)23-24-35-29-34(26-27-38(35)37)33-13-9-14-36(30-33)47-40-17-5-7-19-42(40)48(43-20-8-6-18-41(43)47)44-21-10-22-46-49(44)45-28-25-32-12-2-4-16-39(32)50(45)51-46/h1-30H/i1D,2D,3D,4D,5D,6D,7D,8D,9D,10D,11D,12D,13D,14D,15D,16D,17D,18D,19D,20D,21D,22D,23D,24D,25D,26D,28D,29D,30D. The Hall–Kier alpha value is -6.70. The molecule has 0 spiro atoms. The van der Waals surface area contributed by atoms with Gasteiger partial charge in [0, 0.05) is 16.2 Å². The molecule has 11 aromatic rings. The van der Waals surface area contributed by atoms with E-state index in [0.717, 1.165) is 6.07 Å². The van der Waals surface area contributed by atoms with Gasteiger partial charge in [-0.3, -0.25) is 0 Å². The molecular weight excluding hydrogens is 617 g/mol. The van der Waals surface area contributed by atoms with Crippen molar-refractivity contribution in [3.63, 3.8) is 0 Å². The summed E-state index contributed by atoms with van der Waals surface area (Å²) in [5, 5.41) is -6.58. The zero-order valence-electron chi connectivity index (χ0n) is 54.5. The summed E-state index contributed by atoms with van der Waals surface area (Å²) in [6.07, 6.45) is 0. The van der Waals surface area contributed by atoms with E-state index in [1.165, 1.54) is 0 Å². The molecule has 0 aliphatic carbocycles. The van der Waals surface area contributed by atoms with Crippen LogP contribution in [0.3, 0.4) is 0 Å². The van der Waals surface area contributed by atoms with Gasteiger partial charge in [-0.15, -0.1) is 0 Å². The lowest BCUT2D eigenvalue weighted by Gasteiger charge is -2.18. The van der Waals surface area contributed by atoms with Crippen molar-refractivity contribution in [2.24, 2.45) is 0 Å². The van der Waals surface area contributed by atoms with Gasteiger partial charge in [0.15, 0.2) is 0 Å². The second-order valence-corrected chi connectivity index (χ2v) is 11.3. The van der Waals surface area contributed by atoms with Crippen molar-refractivity contribution in [2.45, 2.75) is 0 Å². The van der Waals surface area contributed by atoms with Crippen molar-refractivity contribution in [3.05, 3.63) is 181 Å². The molecule has 1 nitrogen and oxygen atoms in total. The smallest absolute Gasteiger partial charge is 0.143 e.